The molecule has 4 aromatic rings. The van der Waals surface area contributed by atoms with E-state index >= 15 is 0 Å². The molecule has 2 N–H and O–H groups in total. The zero-order valence-electron chi connectivity index (χ0n) is 18.6. The lowest BCUT2D eigenvalue weighted by Gasteiger charge is -2.10. The summed E-state index contributed by atoms with van der Waals surface area (Å²) in [6.07, 6.45) is 1.32. The van der Waals surface area contributed by atoms with Gasteiger partial charge in [-0.05, 0) is 43.3 Å². The molecule has 2 aromatic heterocycles. The molecule has 0 saturated carbocycles. The van der Waals surface area contributed by atoms with Crippen LogP contribution in [0.5, 0.6) is 0 Å². The summed E-state index contributed by atoms with van der Waals surface area (Å²) in [5.41, 5.74) is 1.07. The first-order valence-corrected chi connectivity index (χ1v) is 11.7. The Bertz CT molecular complexity index is 1610. The number of anilines is 2. The number of nitrogens with one attached hydrogen (secondary N) is 2. The largest absolute Gasteiger partial charge is 0.332 e. The SMILES string of the molecule is Cc1ccc(NS(=O)(=O)c2ccc(NC(=O)Cn3cnc4c3c(=O)n(C)c(=O)n4C)cc2)cc1. The van der Waals surface area contributed by atoms with E-state index in [2.05, 4.69) is 15.0 Å². The summed E-state index contributed by atoms with van der Waals surface area (Å²) in [4.78, 5) is 41.2. The summed E-state index contributed by atoms with van der Waals surface area (Å²) < 4.78 is 31.2. The van der Waals surface area contributed by atoms with Crippen LogP contribution >= 0.6 is 0 Å². The standard InChI is InChI=1S/C22H22N6O5S/c1-14-4-6-16(7-5-14)25-34(32,33)17-10-8-15(9-11-17)24-18(29)12-28-13-23-20-19(28)21(30)27(3)22(31)26(20)2/h4-11,13,25H,12H2,1-3H3,(H,24,29). The first-order valence-electron chi connectivity index (χ1n) is 10.2. The Labute approximate surface area is 194 Å². The number of hydrogen-bond donors (Lipinski definition) is 2. The van der Waals surface area contributed by atoms with Crippen molar-refractivity contribution in [1.82, 2.24) is 18.7 Å². The molecular formula is C22H22N6O5S. The molecular weight excluding hydrogens is 460 g/mol. The van der Waals surface area contributed by atoms with Crippen molar-refractivity contribution in [2.75, 3.05) is 10.0 Å². The number of amides is 1. The molecule has 34 heavy (non-hydrogen) atoms. The average Bonchev–Trinajstić information content (AvgIpc) is 3.21. The van der Waals surface area contributed by atoms with Crippen LogP contribution in [0, 0.1) is 6.92 Å². The topological polar surface area (TPSA) is 137 Å². The predicted molar refractivity (Wildman–Crippen MR) is 127 cm³/mol. The van der Waals surface area contributed by atoms with Crippen LogP contribution in [0.2, 0.25) is 0 Å². The maximum Gasteiger partial charge on any atom is 0.332 e. The van der Waals surface area contributed by atoms with Gasteiger partial charge in [0.1, 0.15) is 6.54 Å². The number of sulfonamides is 1. The van der Waals surface area contributed by atoms with Gasteiger partial charge in [-0.15, -0.1) is 0 Å². The smallest absolute Gasteiger partial charge is 0.325 e. The van der Waals surface area contributed by atoms with Crippen LogP contribution in [-0.4, -0.2) is 33.0 Å². The minimum Gasteiger partial charge on any atom is -0.325 e. The van der Waals surface area contributed by atoms with Crippen molar-refractivity contribution in [3.8, 4) is 0 Å². The molecule has 0 aliphatic heterocycles. The highest BCUT2D eigenvalue weighted by atomic mass is 32.2. The van der Waals surface area contributed by atoms with Gasteiger partial charge in [0.25, 0.3) is 15.6 Å². The fourth-order valence-electron chi connectivity index (χ4n) is 3.43. The number of aryl methyl sites for hydroxylation is 2. The highest BCUT2D eigenvalue weighted by Gasteiger charge is 2.17. The number of nitrogens with zero attached hydrogens (tertiary/aromatic N) is 4. The van der Waals surface area contributed by atoms with Gasteiger partial charge in [0.2, 0.25) is 5.91 Å². The Morgan fingerprint density at radius 2 is 1.56 bits per heavy atom. The number of fused-ring (bicyclic) bond motifs is 1. The third-order valence-electron chi connectivity index (χ3n) is 5.28. The monoisotopic (exact) mass is 482 g/mol. The van der Waals surface area contributed by atoms with Gasteiger partial charge in [-0.25, -0.2) is 18.2 Å². The number of carbonyl (C=O) groups is 1. The number of hydrogen-bond acceptors (Lipinski definition) is 6. The lowest BCUT2D eigenvalue weighted by molar-refractivity contribution is -0.116. The van der Waals surface area contributed by atoms with Gasteiger partial charge < -0.3 is 9.88 Å². The molecule has 2 heterocycles. The molecule has 0 spiro atoms. The molecule has 0 fully saturated rings. The van der Waals surface area contributed by atoms with Crippen molar-refractivity contribution in [1.29, 1.82) is 0 Å². The molecule has 0 saturated heterocycles. The minimum absolute atomic E-state index is 0.0380. The molecule has 0 unspecified atom stereocenters. The summed E-state index contributed by atoms with van der Waals surface area (Å²) in [5, 5.41) is 2.66. The van der Waals surface area contributed by atoms with E-state index in [9.17, 15) is 22.8 Å². The second-order valence-corrected chi connectivity index (χ2v) is 9.48. The van der Waals surface area contributed by atoms with Gasteiger partial charge in [-0.1, -0.05) is 17.7 Å². The van der Waals surface area contributed by atoms with E-state index in [0.717, 1.165) is 10.1 Å². The van der Waals surface area contributed by atoms with E-state index in [1.165, 1.54) is 53.8 Å². The van der Waals surface area contributed by atoms with Crippen molar-refractivity contribution in [2.24, 2.45) is 14.1 Å². The number of imidazole rings is 1. The zero-order valence-corrected chi connectivity index (χ0v) is 19.5. The normalized spacial score (nSPS) is 11.5. The predicted octanol–water partition coefficient (Wildman–Crippen LogP) is 1.18. The summed E-state index contributed by atoms with van der Waals surface area (Å²) >= 11 is 0. The molecule has 0 atom stereocenters. The molecule has 4 rings (SSSR count). The Hall–Kier alpha value is -4.19. The third-order valence-corrected chi connectivity index (χ3v) is 6.68. The van der Waals surface area contributed by atoms with Crippen molar-refractivity contribution in [3.05, 3.63) is 81.3 Å². The Morgan fingerprint density at radius 3 is 2.21 bits per heavy atom. The molecule has 0 radical (unpaired) electrons. The van der Waals surface area contributed by atoms with Crippen molar-refractivity contribution < 1.29 is 13.2 Å². The van der Waals surface area contributed by atoms with Crippen LogP contribution in [0.1, 0.15) is 5.56 Å². The molecule has 0 bridgehead atoms. The van der Waals surface area contributed by atoms with E-state index in [-0.39, 0.29) is 22.6 Å². The Morgan fingerprint density at radius 1 is 0.941 bits per heavy atom. The van der Waals surface area contributed by atoms with Gasteiger partial charge in [-0.3, -0.25) is 23.4 Å². The quantitative estimate of drug-likeness (QED) is 0.423. The third kappa shape index (κ3) is 4.35. The number of aromatic nitrogens is 4. The van der Waals surface area contributed by atoms with Crippen LogP contribution in [0.25, 0.3) is 11.2 Å². The molecule has 0 aliphatic rings. The first-order chi connectivity index (χ1) is 16.1. The van der Waals surface area contributed by atoms with Gasteiger partial charge in [-0.2, -0.15) is 0 Å². The molecule has 176 valence electrons. The summed E-state index contributed by atoms with van der Waals surface area (Å²) in [6, 6.07) is 12.6. The molecule has 11 nitrogen and oxygen atoms in total. The van der Waals surface area contributed by atoms with Crippen LogP contribution in [-0.2, 0) is 35.5 Å². The Kier molecular flexibility index (Phi) is 5.83. The molecule has 2 aromatic carbocycles. The van der Waals surface area contributed by atoms with Crippen molar-refractivity contribution in [2.45, 2.75) is 18.4 Å². The van der Waals surface area contributed by atoms with Gasteiger partial charge in [0.15, 0.2) is 11.2 Å². The van der Waals surface area contributed by atoms with E-state index < -0.39 is 27.2 Å². The first kappa shape index (κ1) is 23.0. The fourth-order valence-corrected chi connectivity index (χ4v) is 4.48. The molecule has 1 amide bonds. The fraction of sp³-hybridized carbons (Fsp3) is 0.182. The summed E-state index contributed by atoms with van der Waals surface area (Å²) in [5.74, 6) is -0.455. The lowest BCUT2D eigenvalue weighted by Crippen LogP contribution is -2.37. The van der Waals surface area contributed by atoms with E-state index in [1.54, 1.807) is 24.3 Å². The number of carbonyl (C=O) groups excluding carboxylic acids is 1. The van der Waals surface area contributed by atoms with Gasteiger partial charge in [0, 0.05) is 25.5 Å². The van der Waals surface area contributed by atoms with E-state index in [4.69, 9.17) is 0 Å². The van der Waals surface area contributed by atoms with Crippen LogP contribution in [0.3, 0.4) is 0 Å². The van der Waals surface area contributed by atoms with E-state index in [0.29, 0.717) is 11.4 Å². The van der Waals surface area contributed by atoms with E-state index in [1.807, 2.05) is 6.92 Å². The second kappa shape index (κ2) is 8.63. The zero-order chi connectivity index (χ0) is 24.6. The Balaban J connectivity index is 1.49. The van der Waals surface area contributed by atoms with Crippen molar-refractivity contribution >= 4 is 38.5 Å². The molecule has 12 heteroatoms. The van der Waals surface area contributed by atoms with Crippen LogP contribution in [0.15, 0.2) is 69.3 Å². The maximum atomic E-state index is 12.6. The number of rotatable bonds is 6. The van der Waals surface area contributed by atoms with Gasteiger partial charge in [0.05, 0.1) is 11.2 Å². The second-order valence-electron chi connectivity index (χ2n) is 7.79. The van der Waals surface area contributed by atoms with Gasteiger partial charge >= 0.3 is 5.69 Å². The average molecular weight is 483 g/mol. The molecule has 0 aliphatic carbocycles. The minimum atomic E-state index is -3.79. The van der Waals surface area contributed by atoms with Crippen LogP contribution in [0.4, 0.5) is 11.4 Å². The number of benzene rings is 2. The summed E-state index contributed by atoms with van der Waals surface area (Å²) in [7, 11) is -0.950. The highest BCUT2D eigenvalue weighted by Crippen LogP contribution is 2.19. The lowest BCUT2D eigenvalue weighted by atomic mass is 10.2. The summed E-state index contributed by atoms with van der Waals surface area (Å²) in [6.45, 7) is 1.68. The maximum absolute atomic E-state index is 12.6. The van der Waals surface area contributed by atoms with Crippen molar-refractivity contribution in [3.63, 3.8) is 0 Å². The van der Waals surface area contributed by atoms with Crippen LogP contribution < -0.4 is 21.3 Å². The highest BCUT2D eigenvalue weighted by molar-refractivity contribution is 7.92.